The summed E-state index contributed by atoms with van der Waals surface area (Å²) < 4.78 is 21.0. The number of hydrogen-bond acceptors (Lipinski definition) is 7. The van der Waals surface area contributed by atoms with Crippen LogP contribution in [0.1, 0.15) is 42.0 Å². The number of amides is 1. The Kier molecular flexibility index (Phi) is 3.88. The number of allylic oxidation sites excluding steroid dienone is 4. The zero-order valence-corrected chi connectivity index (χ0v) is 22.2. The van der Waals surface area contributed by atoms with Crippen molar-refractivity contribution in [3.8, 4) is 12.1 Å². The predicted molar refractivity (Wildman–Crippen MR) is 134 cm³/mol. The van der Waals surface area contributed by atoms with Crippen molar-refractivity contribution in [1.29, 1.82) is 10.5 Å². The third-order valence-electron chi connectivity index (χ3n) is 12.0. The topological polar surface area (TPSA) is 119 Å². The van der Waals surface area contributed by atoms with Crippen LogP contribution in [0.5, 0.6) is 0 Å². The van der Waals surface area contributed by atoms with Gasteiger partial charge in [0.1, 0.15) is 11.7 Å². The van der Waals surface area contributed by atoms with Gasteiger partial charge in [-0.1, -0.05) is 0 Å². The Morgan fingerprint density at radius 3 is 2.10 bits per heavy atom. The molecule has 1 aromatic carbocycles. The first kappa shape index (κ1) is 23.0. The Morgan fingerprint density at radius 1 is 1.05 bits per heavy atom. The average Bonchev–Trinajstić information content (AvgIpc) is 3.35. The number of aliphatic imine (C=N–C) groups is 1. The van der Waals surface area contributed by atoms with Crippen molar-refractivity contribution in [3.05, 3.63) is 56.7 Å². The van der Waals surface area contributed by atoms with Gasteiger partial charge in [0.2, 0.25) is 5.91 Å². The number of halogens is 1. The maximum Gasteiger partial charge on any atom is 0.312 e. The molecule has 9 rings (SSSR count). The number of hydrogen-bond donors (Lipinski definition) is 1. The van der Waals surface area contributed by atoms with Crippen LogP contribution in [0.15, 0.2) is 33.6 Å². The molecule has 196 valence electrons. The summed E-state index contributed by atoms with van der Waals surface area (Å²) in [5, 5.41) is 23.1. The lowest BCUT2D eigenvalue weighted by Crippen LogP contribution is -3.12. The number of fused-ring (bicyclic) bond motifs is 1. The lowest BCUT2D eigenvalue weighted by molar-refractivity contribution is -0.626. The molecule has 0 unspecified atom stereocenters. The molecule has 8 nitrogen and oxygen atoms in total. The second kappa shape index (κ2) is 6.59. The maximum absolute atomic E-state index is 15.9. The SMILES string of the molecule is COC(=O)C12C3C4C1C1C2C3C41C(=O)NC1=NCc2c1cc(C1C(C#N)=C(C)N(C)C(C)=C1C#N)c(F)c2C. The van der Waals surface area contributed by atoms with Gasteiger partial charge < -0.3 is 15.0 Å². The van der Waals surface area contributed by atoms with E-state index in [9.17, 15) is 20.1 Å². The number of methoxy groups -OCH3 is 1. The van der Waals surface area contributed by atoms with E-state index in [1.807, 2.05) is 0 Å². The molecule has 9 heteroatoms. The lowest BCUT2D eigenvalue weighted by atomic mass is 8.92. The highest BCUT2D eigenvalue weighted by Crippen LogP contribution is 3.10. The number of nitrogens with one attached hydrogen (secondary N) is 1. The van der Waals surface area contributed by atoms with E-state index in [2.05, 4.69) is 22.4 Å². The summed E-state index contributed by atoms with van der Waals surface area (Å²) >= 11 is 0. The van der Waals surface area contributed by atoms with Crippen molar-refractivity contribution in [2.24, 2.45) is 51.3 Å². The van der Waals surface area contributed by atoms with Crippen LogP contribution in [-0.4, -0.2) is 36.8 Å². The van der Waals surface area contributed by atoms with E-state index in [0.29, 0.717) is 45.1 Å². The Morgan fingerprint density at radius 2 is 1.59 bits per heavy atom. The number of carbonyl (C=O) groups is 2. The minimum absolute atomic E-state index is 0.0410. The van der Waals surface area contributed by atoms with Gasteiger partial charge in [-0.3, -0.25) is 14.6 Å². The fourth-order valence-electron chi connectivity index (χ4n) is 10.4. The summed E-state index contributed by atoms with van der Waals surface area (Å²) in [6.45, 7) is 5.53. The first-order chi connectivity index (χ1) is 18.6. The fourth-order valence-corrected chi connectivity index (χ4v) is 10.4. The number of rotatable bonds is 3. The van der Waals surface area contributed by atoms with Crippen molar-refractivity contribution in [3.63, 3.8) is 0 Å². The third-order valence-corrected chi connectivity index (χ3v) is 12.0. The quantitative estimate of drug-likeness (QED) is 0.609. The van der Waals surface area contributed by atoms with Gasteiger partial charge in [0.25, 0.3) is 0 Å². The molecule has 0 radical (unpaired) electrons. The smallest absolute Gasteiger partial charge is 0.312 e. The summed E-state index contributed by atoms with van der Waals surface area (Å²) in [7, 11) is 3.23. The summed E-state index contributed by atoms with van der Waals surface area (Å²) in [6, 6.07) is 6.09. The number of esters is 1. The van der Waals surface area contributed by atoms with Gasteiger partial charge in [-0.2, -0.15) is 10.5 Å². The van der Waals surface area contributed by atoms with E-state index in [-0.39, 0.29) is 64.9 Å². The first-order valence-corrected chi connectivity index (χ1v) is 13.4. The number of ether oxygens (including phenoxy) is 1. The number of nitrogens with zero attached hydrogens (tertiary/aromatic N) is 4. The zero-order valence-electron chi connectivity index (χ0n) is 22.2. The van der Waals surface area contributed by atoms with Gasteiger partial charge in [-0.15, -0.1) is 0 Å². The normalized spacial score (nSPS) is 39.1. The molecule has 6 saturated carbocycles. The molecule has 39 heavy (non-hydrogen) atoms. The molecular formula is C30H26FN5O3. The van der Waals surface area contributed by atoms with E-state index in [1.165, 1.54) is 7.11 Å². The van der Waals surface area contributed by atoms with Crippen molar-refractivity contribution in [2.45, 2.75) is 33.2 Å². The summed E-state index contributed by atoms with van der Waals surface area (Å²) in [4.78, 5) is 32.5. The molecule has 6 fully saturated rings. The van der Waals surface area contributed by atoms with Crippen LogP contribution in [0.4, 0.5) is 4.39 Å². The average molecular weight is 524 g/mol. The number of amidine groups is 1. The van der Waals surface area contributed by atoms with E-state index in [0.717, 1.165) is 0 Å². The largest absolute Gasteiger partial charge is 0.469 e. The molecule has 1 N–H and O–H groups in total. The van der Waals surface area contributed by atoms with Crippen LogP contribution in [0.3, 0.4) is 0 Å². The fraction of sp³-hybridized carbons (Fsp3) is 0.500. The molecule has 1 aromatic rings. The van der Waals surface area contributed by atoms with Crippen LogP contribution in [0.2, 0.25) is 0 Å². The Hall–Kier alpha value is -3.98. The van der Waals surface area contributed by atoms with Crippen molar-refractivity contribution < 1.29 is 18.7 Å². The van der Waals surface area contributed by atoms with Crippen molar-refractivity contribution in [2.75, 3.05) is 14.2 Å². The summed E-state index contributed by atoms with van der Waals surface area (Å²) in [6.07, 6.45) is 0. The second-order valence-corrected chi connectivity index (χ2v) is 12.3. The standard InChI is InChI=1S/C30H26FN5O3/c1-10-17-9-34-26(35-27(37)29-19-22-20(29)24-21(29)23(19)30(22,24)28(38)39-5)13(17)6-14(25(10)31)18-15(7-32)11(2)36(4)12(3)16(18)8-33/h6,18-24H,9H2,1-5H3,(H,34,35,37). The molecule has 0 aromatic heterocycles. The Labute approximate surface area is 224 Å². The minimum atomic E-state index is -0.837. The van der Waals surface area contributed by atoms with E-state index in [1.54, 1.807) is 38.8 Å². The molecule has 2 heterocycles. The maximum atomic E-state index is 15.9. The third kappa shape index (κ3) is 1.91. The van der Waals surface area contributed by atoms with E-state index in [4.69, 9.17) is 4.74 Å². The van der Waals surface area contributed by atoms with Gasteiger partial charge in [0, 0.05) is 29.6 Å². The van der Waals surface area contributed by atoms with Crippen LogP contribution < -0.4 is 5.32 Å². The van der Waals surface area contributed by atoms with Crippen molar-refractivity contribution in [1.82, 2.24) is 10.2 Å². The van der Waals surface area contributed by atoms with E-state index < -0.39 is 17.2 Å². The zero-order chi connectivity index (χ0) is 27.5. The molecule has 0 spiro atoms. The van der Waals surface area contributed by atoms with Crippen LogP contribution in [0, 0.1) is 81.7 Å². The molecule has 0 atom stereocenters. The molecule has 8 aliphatic rings. The second-order valence-electron chi connectivity index (χ2n) is 12.3. The highest BCUT2D eigenvalue weighted by Gasteiger charge is 3.13. The molecule has 1 amide bonds. The molecule has 0 bridgehead atoms. The highest BCUT2D eigenvalue weighted by molar-refractivity contribution is 6.13. The molecule has 2 aliphatic heterocycles. The number of carbonyl (C=O) groups excluding carboxylic acids is 2. The van der Waals surface area contributed by atoms with Gasteiger partial charge in [-0.05, 0) is 73.5 Å². The summed E-state index contributed by atoms with van der Waals surface area (Å²) in [5.41, 5.74) is 3.29. The summed E-state index contributed by atoms with van der Waals surface area (Å²) in [5.74, 6) is 0.566. The minimum Gasteiger partial charge on any atom is -0.469 e. The monoisotopic (exact) mass is 523 g/mol. The van der Waals surface area contributed by atoms with E-state index >= 15 is 4.39 Å². The van der Waals surface area contributed by atoms with Crippen LogP contribution in [-0.2, 0) is 20.9 Å². The number of benzene rings is 1. The Balaban J connectivity index is 1.13. The number of nitriles is 2. The van der Waals surface area contributed by atoms with Gasteiger partial charge >= 0.3 is 5.97 Å². The first-order valence-electron chi connectivity index (χ1n) is 13.4. The van der Waals surface area contributed by atoms with Gasteiger partial charge in [0.15, 0.2) is 0 Å². The molecule has 6 aliphatic carbocycles. The van der Waals surface area contributed by atoms with Gasteiger partial charge in [0.05, 0.1) is 53.7 Å². The van der Waals surface area contributed by atoms with Crippen LogP contribution >= 0.6 is 0 Å². The lowest BCUT2D eigenvalue weighted by Gasteiger charge is -3.09. The Bertz CT molecular complexity index is 1600. The van der Waals surface area contributed by atoms with Crippen molar-refractivity contribution >= 4 is 17.7 Å². The highest BCUT2D eigenvalue weighted by atomic mass is 19.1. The van der Waals surface area contributed by atoms with Crippen LogP contribution in [0.25, 0.3) is 0 Å². The molecular weight excluding hydrogens is 497 g/mol. The predicted octanol–water partition coefficient (Wildman–Crippen LogP) is 3.05. The molecule has 0 saturated heterocycles. The van der Waals surface area contributed by atoms with Gasteiger partial charge in [-0.25, -0.2) is 4.39 Å².